The van der Waals surface area contributed by atoms with Gasteiger partial charge in [-0.05, 0) is 57.7 Å². The number of hydrogen-bond donors (Lipinski definition) is 1. The molecule has 1 aromatic rings. The number of alkyl halides is 1. The summed E-state index contributed by atoms with van der Waals surface area (Å²) in [6, 6.07) is 7.84. The van der Waals surface area contributed by atoms with Crippen LogP contribution < -0.4 is 5.32 Å². The summed E-state index contributed by atoms with van der Waals surface area (Å²) in [6.45, 7) is 5.79. The molecule has 17 heavy (non-hydrogen) atoms. The lowest BCUT2D eigenvalue weighted by molar-refractivity contribution is 0.134. The van der Waals surface area contributed by atoms with Gasteiger partial charge in [-0.15, -0.1) is 0 Å². The Kier molecular flexibility index (Phi) is 3.82. The SMILES string of the molecule is Cc1cccc(C(C)(F)CC2CCCNC2)c1. The molecule has 94 valence electrons. The minimum atomic E-state index is -1.20. The Labute approximate surface area is 103 Å². The number of aryl methyl sites for hydroxylation is 1. The van der Waals surface area contributed by atoms with Crippen LogP contribution in [0.1, 0.15) is 37.3 Å². The van der Waals surface area contributed by atoms with E-state index in [1.54, 1.807) is 6.92 Å². The molecule has 0 radical (unpaired) electrons. The summed E-state index contributed by atoms with van der Waals surface area (Å²) in [5, 5.41) is 3.35. The Bertz CT molecular complexity index is 367. The predicted octanol–water partition coefficient (Wildman–Crippen LogP) is 3.57. The molecular formula is C15H22FN. The maximum Gasteiger partial charge on any atom is 0.133 e. The van der Waals surface area contributed by atoms with Crippen molar-refractivity contribution in [2.75, 3.05) is 13.1 Å². The standard InChI is InChI=1S/C15H22FN/c1-12-5-3-7-14(9-12)15(2,16)10-13-6-4-8-17-11-13/h3,5,7,9,13,17H,4,6,8,10-11H2,1-2H3. The lowest BCUT2D eigenvalue weighted by Gasteiger charge is -2.29. The van der Waals surface area contributed by atoms with Crippen molar-refractivity contribution in [3.8, 4) is 0 Å². The highest BCUT2D eigenvalue weighted by Gasteiger charge is 2.30. The fourth-order valence-electron chi connectivity index (χ4n) is 2.73. The van der Waals surface area contributed by atoms with Gasteiger partial charge >= 0.3 is 0 Å². The Balaban J connectivity index is 2.06. The molecule has 0 amide bonds. The second kappa shape index (κ2) is 5.18. The summed E-state index contributed by atoms with van der Waals surface area (Å²) in [5.41, 5.74) is 0.756. The van der Waals surface area contributed by atoms with Crippen molar-refractivity contribution in [2.45, 2.75) is 38.8 Å². The molecule has 2 unspecified atom stereocenters. The molecule has 2 atom stereocenters. The molecular weight excluding hydrogens is 213 g/mol. The number of nitrogens with one attached hydrogen (secondary N) is 1. The second-order valence-corrected chi connectivity index (χ2v) is 5.48. The van der Waals surface area contributed by atoms with E-state index in [2.05, 4.69) is 5.32 Å². The summed E-state index contributed by atoms with van der Waals surface area (Å²) < 4.78 is 14.8. The van der Waals surface area contributed by atoms with E-state index in [4.69, 9.17) is 0 Å². The van der Waals surface area contributed by atoms with Crippen LogP contribution >= 0.6 is 0 Å². The molecule has 1 heterocycles. The Hall–Kier alpha value is -0.890. The van der Waals surface area contributed by atoms with Gasteiger partial charge in [-0.3, -0.25) is 0 Å². The Morgan fingerprint density at radius 3 is 2.94 bits per heavy atom. The van der Waals surface area contributed by atoms with Crippen LogP contribution in [0, 0.1) is 12.8 Å². The molecule has 1 saturated heterocycles. The monoisotopic (exact) mass is 235 g/mol. The molecule has 1 aliphatic rings. The maximum atomic E-state index is 14.8. The summed E-state index contributed by atoms with van der Waals surface area (Å²) >= 11 is 0. The average Bonchev–Trinajstić information content (AvgIpc) is 2.30. The van der Waals surface area contributed by atoms with Gasteiger partial charge in [0.1, 0.15) is 5.67 Å². The number of halogens is 1. The molecule has 1 nitrogen and oxygen atoms in total. The lowest BCUT2D eigenvalue weighted by atomic mass is 9.84. The minimum Gasteiger partial charge on any atom is -0.316 e. The van der Waals surface area contributed by atoms with Crippen molar-refractivity contribution < 1.29 is 4.39 Å². The van der Waals surface area contributed by atoms with Crippen molar-refractivity contribution in [2.24, 2.45) is 5.92 Å². The zero-order chi connectivity index (χ0) is 12.3. The second-order valence-electron chi connectivity index (χ2n) is 5.48. The first-order valence-electron chi connectivity index (χ1n) is 6.55. The molecule has 0 spiro atoms. The minimum absolute atomic E-state index is 0.472. The van der Waals surface area contributed by atoms with Gasteiger partial charge in [-0.25, -0.2) is 4.39 Å². The van der Waals surface area contributed by atoms with Gasteiger partial charge in [-0.1, -0.05) is 29.8 Å². The van der Waals surface area contributed by atoms with E-state index in [9.17, 15) is 4.39 Å². The zero-order valence-corrected chi connectivity index (χ0v) is 10.8. The van der Waals surface area contributed by atoms with Gasteiger partial charge < -0.3 is 5.32 Å². The van der Waals surface area contributed by atoms with Crippen LogP contribution in [0.3, 0.4) is 0 Å². The van der Waals surface area contributed by atoms with Crippen molar-refractivity contribution in [1.29, 1.82) is 0 Å². The van der Waals surface area contributed by atoms with Crippen LogP contribution in [0.25, 0.3) is 0 Å². The summed E-state index contributed by atoms with van der Waals surface area (Å²) in [7, 11) is 0. The fourth-order valence-corrected chi connectivity index (χ4v) is 2.73. The van der Waals surface area contributed by atoms with Crippen LogP contribution in [-0.4, -0.2) is 13.1 Å². The quantitative estimate of drug-likeness (QED) is 0.844. The van der Waals surface area contributed by atoms with Crippen molar-refractivity contribution >= 4 is 0 Å². The molecule has 2 heteroatoms. The Morgan fingerprint density at radius 2 is 2.29 bits per heavy atom. The number of hydrogen-bond acceptors (Lipinski definition) is 1. The van der Waals surface area contributed by atoms with E-state index >= 15 is 0 Å². The van der Waals surface area contributed by atoms with Gasteiger partial charge in [0.2, 0.25) is 0 Å². The molecule has 1 fully saturated rings. The molecule has 0 aromatic heterocycles. The highest BCUT2D eigenvalue weighted by molar-refractivity contribution is 5.27. The largest absolute Gasteiger partial charge is 0.316 e. The van der Waals surface area contributed by atoms with Crippen molar-refractivity contribution in [1.82, 2.24) is 5.32 Å². The van der Waals surface area contributed by atoms with Crippen LogP contribution in [0.15, 0.2) is 24.3 Å². The third kappa shape index (κ3) is 3.29. The van der Waals surface area contributed by atoms with E-state index in [-0.39, 0.29) is 0 Å². The van der Waals surface area contributed by atoms with Crippen LogP contribution in [0.4, 0.5) is 4.39 Å². The van der Waals surface area contributed by atoms with Crippen LogP contribution in [-0.2, 0) is 5.67 Å². The first-order chi connectivity index (χ1) is 8.08. The summed E-state index contributed by atoms with van der Waals surface area (Å²) in [4.78, 5) is 0. The fraction of sp³-hybridized carbons (Fsp3) is 0.600. The van der Waals surface area contributed by atoms with E-state index in [1.807, 2.05) is 31.2 Å². The zero-order valence-electron chi connectivity index (χ0n) is 10.8. The lowest BCUT2D eigenvalue weighted by Crippen LogP contribution is -2.33. The first kappa shape index (κ1) is 12.6. The molecule has 0 aliphatic carbocycles. The molecule has 0 saturated carbocycles. The molecule has 2 rings (SSSR count). The van der Waals surface area contributed by atoms with Gasteiger partial charge in [0.25, 0.3) is 0 Å². The highest BCUT2D eigenvalue weighted by atomic mass is 19.1. The van der Waals surface area contributed by atoms with Crippen LogP contribution in [0.2, 0.25) is 0 Å². The number of piperidine rings is 1. The van der Waals surface area contributed by atoms with Crippen molar-refractivity contribution in [3.05, 3.63) is 35.4 Å². The van der Waals surface area contributed by atoms with Crippen LogP contribution in [0.5, 0.6) is 0 Å². The summed E-state index contributed by atoms with van der Waals surface area (Å²) in [6.07, 6.45) is 2.95. The normalized spacial score (nSPS) is 24.3. The smallest absolute Gasteiger partial charge is 0.133 e. The molecule has 1 aromatic carbocycles. The van der Waals surface area contributed by atoms with E-state index in [0.717, 1.165) is 30.6 Å². The first-order valence-corrected chi connectivity index (χ1v) is 6.55. The molecule has 0 bridgehead atoms. The number of rotatable bonds is 3. The van der Waals surface area contributed by atoms with Gasteiger partial charge in [-0.2, -0.15) is 0 Å². The third-order valence-corrected chi connectivity index (χ3v) is 3.69. The summed E-state index contributed by atoms with van der Waals surface area (Å²) in [5.74, 6) is 0.472. The molecule has 1 N–H and O–H groups in total. The van der Waals surface area contributed by atoms with Crippen molar-refractivity contribution in [3.63, 3.8) is 0 Å². The van der Waals surface area contributed by atoms with Gasteiger partial charge in [0, 0.05) is 0 Å². The van der Waals surface area contributed by atoms with E-state index in [0.29, 0.717) is 12.3 Å². The van der Waals surface area contributed by atoms with E-state index < -0.39 is 5.67 Å². The maximum absolute atomic E-state index is 14.8. The topological polar surface area (TPSA) is 12.0 Å². The highest BCUT2D eigenvalue weighted by Crippen LogP contribution is 2.34. The molecule has 1 aliphatic heterocycles. The average molecular weight is 235 g/mol. The number of benzene rings is 1. The third-order valence-electron chi connectivity index (χ3n) is 3.69. The predicted molar refractivity (Wildman–Crippen MR) is 69.8 cm³/mol. The van der Waals surface area contributed by atoms with Gasteiger partial charge in [0.15, 0.2) is 0 Å². The Morgan fingerprint density at radius 1 is 1.47 bits per heavy atom. The van der Waals surface area contributed by atoms with E-state index in [1.165, 1.54) is 6.42 Å². The van der Waals surface area contributed by atoms with Gasteiger partial charge in [0.05, 0.1) is 0 Å².